The van der Waals surface area contributed by atoms with Crippen molar-refractivity contribution in [2.24, 2.45) is 0 Å². The number of hydrogen-bond acceptors (Lipinski definition) is 2. The van der Waals surface area contributed by atoms with Crippen molar-refractivity contribution in [3.05, 3.63) is 35.4 Å². The highest BCUT2D eigenvalue weighted by Crippen LogP contribution is 2.21. The monoisotopic (exact) mass is 258 g/mol. The first-order valence-corrected chi connectivity index (χ1v) is 7.19. The van der Waals surface area contributed by atoms with E-state index in [0.29, 0.717) is 12.7 Å². The Balaban J connectivity index is 1.94. The van der Waals surface area contributed by atoms with Crippen molar-refractivity contribution in [3.63, 3.8) is 0 Å². The highest BCUT2D eigenvalue weighted by atomic mass is 16.5. The molecule has 0 atom stereocenters. The zero-order valence-electron chi connectivity index (χ0n) is 11.4. The summed E-state index contributed by atoms with van der Waals surface area (Å²) in [6.07, 6.45) is 8.04. The molecule has 1 aromatic carbocycles. The molecule has 0 amide bonds. The van der Waals surface area contributed by atoms with Gasteiger partial charge in [0.25, 0.3) is 0 Å². The topological polar surface area (TPSA) is 29.5 Å². The van der Waals surface area contributed by atoms with Gasteiger partial charge >= 0.3 is 0 Å². The van der Waals surface area contributed by atoms with Gasteiger partial charge in [-0.3, -0.25) is 0 Å². The summed E-state index contributed by atoms with van der Waals surface area (Å²) in [4.78, 5) is 0. The zero-order valence-corrected chi connectivity index (χ0v) is 11.4. The van der Waals surface area contributed by atoms with Crippen molar-refractivity contribution in [1.82, 2.24) is 0 Å². The van der Waals surface area contributed by atoms with E-state index in [4.69, 9.17) is 9.84 Å². The van der Waals surface area contributed by atoms with Gasteiger partial charge < -0.3 is 9.84 Å². The van der Waals surface area contributed by atoms with Gasteiger partial charge in [0.15, 0.2) is 0 Å². The van der Waals surface area contributed by atoms with Gasteiger partial charge in [-0.15, -0.1) is 0 Å². The average molecular weight is 258 g/mol. The number of aliphatic hydroxyl groups is 1. The van der Waals surface area contributed by atoms with Crippen LogP contribution in [0.5, 0.6) is 0 Å². The first kappa shape index (κ1) is 14.1. The molecule has 0 saturated heterocycles. The minimum Gasteiger partial charge on any atom is -0.384 e. The lowest BCUT2D eigenvalue weighted by Crippen LogP contribution is -2.11. The Labute approximate surface area is 115 Å². The molecule has 1 saturated carbocycles. The van der Waals surface area contributed by atoms with E-state index in [9.17, 15) is 0 Å². The predicted octanol–water partition coefficient (Wildman–Crippen LogP) is 3.27. The van der Waals surface area contributed by atoms with E-state index in [1.165, 1.54) is 38.5 Å². The van der Waals surface area contributed by atoms with Crippen LogP contribution in [0, 0.1) is 11.8 Å². The van der Waals surface area contributed by atoms with Crippen molar-refractivity contribution >= 4 is 0 Å². The fraction of sp³-hybridized carbons (Fsp3) is 0.529. The maximum Gasteiger partial charge on any atom is 0.104 e. The minimum atomic E-state index is -0.0994. The van der Waals surface area contributed by atoms with Gasteiger partial charge in [-0.05, 0) is 24.5 Å². The zero-order chi connectivity index (χ0) is 13.3. The molecule has 2 nitrogen and oxygen atoms in total. The molecular formula is C17H22O2. The van der Waals surface area contributed by atoms with Crippen LogP contribution in [0.1, 0.15) is 49.7 Å². The summed E-state index contributed by atoms with van der Waals surface area (Å²) in [6, 6.07) is 8.01. The number of ether oxygens (including phenoxy) is 1. The number of aliphatic hydroxyl groups excluding tert-OH is 1. The summed E-state index contributed by atoms with van der Waals surface area (Å²) in [5.74, 6) is 5.69. The second-order valence-electron chi connectivity index (χ2n) is 5.04. The SMILES string of the molecule is OCC#Cc1ccccc1COC1CCCCCC1. The van der Waals surface area contributed by atoms with Crippen molar-refractivity contribution < 1.29 is 9.84 Å². The Kier molecular flexibility index (Phi) is 5.94. The molecule has 0 unspecified atom stereocenters. The van der Waals surface area contributed by atoms with Crippen LogP contribution in [-0.2, 0) is 11.3 Å². The van der Waals surface area contributed by atoms with E-state index < -0.39 is 0 Å². The summed E-state index contributed by atoms with van der Waals surface area (Å²) >= 11 is 0. The molecule has 1 aliphatic carbocycles. The van der Waals surface area contributed by atoms with Crippen LogP contribution in [-0.4, -0.2) is 17.8 Å². The van der Waals surface area contributed by atoms with Gasteiger partial charge in [0.05, 0.1) is 12.7 Å². The molecule has 0 aliphatic heterocycles. The quantitative estimate of drug-likeness (QED) is 0.666. The fourth-order valence-corrected chi connectivity index (χ4v) is 2.52. The lowest BCUT2D eigenvalue weighted by atomic mass is 10.1. The van der Waals surface area contributed by atoms with Gasteiger partial charge in [0, 0.05) is 5.56 Å². The second-order valence-corrected chi connectivity index (χ2v) is 5.04. The predicted molar refractivity (Wildman–Crippen MR) is 76.7 cm³/mol. The molecule has 0 bridgehead atoms. The van der Waals surface area contributed by atoms with Crippen LogP contribution >= 0.6 is 0 Å². The molecule has 2 rings (SSSR count). The molecule has 0 radical (unpaired) electrons. The van der Waals surface area contributed by atoms with E-state index >= 15 is 0 Å². The highest BCUT2D eigenvalue weighted by Gasteiger charge is 2.13. The molecule has 2 heteroatoms. The van der Waals surface area contributed by atoms with Crippen LogP contribution in [0.25, 0.3) is 0 Å². The summed E-state index contributed by atoms with van der Waals surface area (Å²) in [5, 5.41) is 8.78. The van der Waals surface area contributed by atoms with Crippen molar-refractivity contribution in [3.8, 4) is 11.8 Å². The second kappa shape index (κ2) is 7.99. The number of rotatable bonds is 3. The third-order valence-electron chi connectivity index (χ3n) is 3.60. The smallest absolute Gasteiger partial charge is 0.104 e. The third-order valence-corrected chi connectivity index (χ3v) is 3.60. The van der Waals surface area contributed by atoms with Gasteiger partial charge in [0.2, 0.25) is 0 Å². The highest BCUT2D eigenvalue weighted by molar-refractivity contribution is 5.40. The van der Waals surface area contributed by atoms with E-state index in [0.717, 1.165) is 11.1 Å². The van der Waals surface area contributed by atoms with Crippen LogP contribution in [0.3, 0.4) is 0 Å². The number of benzene rings is 1. The molecule has 0 heterocycles. The summed E-state index contributed by atoms with van der Waals surface area (Å²) in [5.41, 5.74) is 2.08. The largest absolute Gasteiger partial charge is 0.384 e. The lowest BCUT2D eigenvalue weighted by molar-refractivity contribution is 0.0309. The van der Waals surface area contributed by atoms with E-state index in [1.807, 2.05) is 18.2 Å². The Hall–Kier alpha value is -1.30. The molecular weight excluding hydrogens is 236 g/mol. The molecule has 1 aromatic rings. The molecule has 1 fully saturated rings. The Bertz CT molecular complexity index is 434. The Morgan fingerprint density at radius 1 is 1.11 bits per heavy atom. The Morgan fingerprint density at radius 3 is 2.58 bits per heavy atom. The first-order valence-electron chi connectivity index (χ1n) is 7.19. The maximum atomic E-state index is 8.78. The van der Waals surface area contributed by atoms with Crippen molar-refractivity contribution in [2.45, 2.75) is 51.2 Å². The van der Waals surface area contributed by atoms with E-state index in [1.54, 1.807) is 0 Å². The molecule has 1 N–H and O–H groups in total. The third kappa shape index (κ3) is 4.70. The van der Waals surface area contributed by atoms with Crippen LogP contribution in [0.15, 0.2) is 24.3 Å². The standard InChI is InChI=1S/C17H22O2/c18-13-7-10-15-8-5-6-9-16(15)14-19-17-11-3-1-2-4-12-17/h5-6,8-9,17-18H,1-4,11-14H2. The summed E-state index contributed by atoms with van der Waals surface area (Å²) in [7, 11) is 0. The van der Waals surface area contributed by atoms with E-state index in [-0.39, 0.29) is 6.61 Å². The van der Waals surface area contributed by atoms with Gasteiger partial charge in [-0.2, -0.15) is 0 Å². The van der Waals surface area contributed by atoms with E-state index in [2.05, 4.69) is 17.9 Å². The fourth-order valence-electron chi connectivity index (χ4n) is 2.52. The normalized spacial score (nSPS) is 16.5. The molecule has 19 heavy (non-hydrogen) atoms. The average Bonchev–Trinajstić information content (AvgIpc) is 2.72. The molecule has 0 spiro atoms. The van der Waals surface area contributed by atoms with Crippen LogP contribution in [0.4, 0.5) is 0 Å². The lowest BCUT2D eigenvalue weighted by Gasteiger charge is -2.16. The Morgan fingerprint density at radius 2 is 1.84 bits per heavy atom. The summed E-state index contributed by atoms with van der Waals surface area (Å²) in [6.45, 7) is 0.527. The van der Waals surface area contributed by atoms with Gasteiger partial charge in [0.1, 0.15) is 6.61 Å². The van der Waals surface area contributed by atoms with Crippen LogP contribution < -0.4 is 0 Å². The van der Waals surface area contributed by atoms with Gasteiger partial charge in [-0.1, -0.05) is 55.7 Å². The molecule has 1 aliphatic rings. The molecule has 0 aromatic heterocycles. The van der Waals surface area contributed by atoms with Gasteiger partial charge in [-0.25, -0.2) is 0 Å². The molecule has 102 valence electrons. The number of hydrogen-bond donors (Lipinski definition) is 1. The summed E-state index contributed by atoms with van der Waals surface area (Å²) < 4.78 is 6.04. The van der Waals surface area contributed by atoms with Crippen LogP contribution in [0.2, 0.25) is 0 Å². The first-order chi connectivity index (χ1) is 9.40. The van der Waals surface area contributed by atoms with Crippen molar-refractivity contribution in [2.75, 3.05) is 6.61 Å². The van der Waals surface area contributed by atoms with Crippen molar-refractivity contribution in [1.29, 1.82) is 0 Å². The maximum absolute atomic E-state index is 8.78. The minimum absolute atomic E-state index is 0.0994.